The number of aryl methyl sites for hydroxylation is 1. The fraction of sp³-hybridized carbons (Fsp3) is 0.400. The van der Waals surface area contributed by atoms with Gasteiger partial charge in [-0.05, 0) is 135 Å². The first kappa shape index (κ1) is 55.0. The van der Waals surface area contributed by atoms with E-state index in [0.29, 0.717) is 62.6 Å². The summed E-state index contributed by atoms with van der Waals surface area (Å²) in [6, 6.07) is 27.2. The number of carbonyl (C=O) groups is 5. The van der Waals surface area contributed by atoms with Crippen LogP contribution in [0.4, 0.5) is 18.0 Å². The number of halogens is 4. The zero-order valence-electron chi connectivity index (χ0n) is 42.2. The maximum absolute atomic E-state index is 14.5. The number of aromatic amines is 1. The number of carbonyl (C=O) groups excluding carboxylic acids is 4. The minimum absolute atomic E-state index is 0.0196. The number of nitrogens with zero attached hydrogens (tertiary/aromatic N) is 6. The summed E-state index contributed by atoms with van der Waals surface area (Å²) in [7, 11) is 2.17. The Kier molecular flexibility index (Phi) is 17.8. The highest BCUT2D eigenvalue weighted by Crippen LogP contribution is 2.28. The molecule has 5 heterocycles. The first-order chi connectivity index (χ1) is 36.4. The summed E-state index contributed by atoms with van der Waals surface area (Å²) in [6.45, 7) is 7.74. The van der Waals surface area contributed by atoms with Crippen LogP contribution in [0.3, 0.4) is 0 Å². The molecular weight excluding hydrogens is 1010 g/mol. The molecule has 0 radical (unpaired) electrons. The molecule has 0 saturated carbocycles. The molecule has 21 heteroatoms. The molecule has 1 unspecified atom stereocenters. The van der Waals surface area contributed by atoms with Crippen molar-refractivity contribution in [3.63, 3.8) is 0 Å². The maximum Gasteiger partial charge on any atom is 0.490 e. The number of alkyl halides is 4. The normalized spacial score (nSPS) is 16.4. The number of piperidine rings is 2. The number of para-hydroxylation sites is 1. The summed E-state index contributed by atoms with van der Waals surface area (Å²) in [6.07, 6.45) is 1.16. The Labute approximate surface area is 441 Å². The Morgan fingerprint density at radius 3 is 1.99 bits per heavy atom. The van der Waals surface area contributed by atoms with Gasteiger partial charge in [-0.2, -0.15) is 18.3 Å². The lowest BCUT2D eigenvalue weighted by atomic mass is 9.89. The minimum Gasteiger partial charge on any atom is -0.475 e. The topological polar surface area (TPSA) is 200 Å². The minimum atomic E-state index is -5.08. The number of piperazine rings is 1. The van der Waals surface area contributed by atoms with Crippen molar-refractivity contribution >= 4 is 63.3 Å². The van der Waals surface area contributed by atoms with Crippen molar-refractivity contribution in [1.29, 1.82) is 0 Å². The number of hydrogen-bond donors (Lipinski definition) is 3. The number of ether oxygens (including phenoxy) is 2. The molecule has 9 rings (SSSR count). The number of carboxylic acid groups (broad SMARTS) is 1. The number of aliphatic carboxylic acids is 1. The number of esters is 2. The van der Waals surface area contributed by atoms with Crippen molar-refractivity contribution < 1.29 is 51.7 Å². The van der Waals surface area contributed by atoms with Gasteiger partial charge in [0.1, 0.15) is 6.04 Å². The highest BCUT2D eigenvalue weighted by Gasteiger charge is 2.38. The van der Waals surface area contributed by atoms with Gasteiger partial charge in [0.15, 0.2) is 12.8 Å². The standard InChI is InChI=1S/C53H59ClN8O7.C2HF3O2/c1-35-27-38(29-43-32-62(57-48(35)43)34-69-52(66)41-13-9-37(10-14-41)28-36-7-11-40(12-8-36)51(65)68-33-54)30-47(50(64)60-25-23-59(24-26-60)44-17-19-58(2)20-18-44)56-53(67)61-21-15-39(16-22-61)45-31-42-5-3-4-6-46(42)55-49(45)63;3-2(4,5)1(6)7/h3-14,27,29,31-32,39,44,47H,15-26,28,30,33-34H2,1-2H3,(H,55,63)(H,56,67);(H,6,7). The number of aromatic nitrogens is 3. The van der Waals surface area contributed by atoms with Gasteiger partial charge in [-0.15, -0.1) is 0 Å². The molecule has 3 fully saturated rings. The van der Waals surface area contributed by atoms with E-state index < -0.39 is 30.1 Å². The lowest BCUT2D eigenvalue weighted by molar-refractivity contribution is -0.192. The van der Waals surface area contributed by atoms with Crippen molar-refractivity contribution in [2.45, 2.75) is 76.4 Å². The van der Waals surface area contributed by atoms with Gasteiger partial charge in [0.05, 0.1) is 16.6 Å². The first-order valence-electron chi connectivity index (χ1n) is 25.2. The second kappa shape index (κ2) is 24.6. The van der Waals surface area contributed by atoms with Crippen LogP contribution in [0.1, 0.15) is 80.1 Å². The molecule has 76 heavy (non-hydrogen) atoms. The molecule has 3 aliphatic heterocycles. The number of hydrogen-bond acceptors (Lipinski definition) is 11. The smallest absolute Gasteiger partial charge is 0.475 e. The number of fused-ring (bicyclic) bond motifs is 2. The first-order valence-corrected chi connectivity index (χ1v) is 25.7. The van der Waals surface area contributed by atoms with Crippen LogP contribution in [0.5, 0.6) is 0 Å². The Bertz CT molecular complexity index is 3090. The highest BCUT2D eigenvalue weighted by molar-refractivity contribution is 6.17. The van der Waals surface area contributed by atoms with Crippen LogP contribution in [-0.4, -0.2) is 153 Å². The van der Waals surface area contributed by atoms with Crippen LogP contribution in [-0.2, 0) is 38.6 Å². The fourth-order valence-electron chi connectivity index (χ4n) is 10.1. The van der Waals surface area contributed by atoms with Gasteiger partial charge in [0.2, 0.25) is 5.91 Å². The van der Waals surface area contributed by atoms with E-state index in [0.717, 1.165) is 88.6 Å². The highest BCUT2D eigenvalue weighted by atomic mass is 35.5. The van der Waals surface area contributed by atoms with Crippen molar-refractivity contribution in [3.8, 4) is 0 Å². The average molecular weight is 1070 g/mol. The summed E-state index contributed by atoms with van der Waals surface area (Å²) in [5.41, 5.74) is 6.76. The molecule has 0 aliphatic carbocycles. The van der Waals surface area contributed by atoms with Crippen LogP contribution >= 0.6 is 11.6 Å². The van der Waals surface area contributed by atoms with Crippen LogP contribution in [0.2, 0.25) is 0 Å². The number of rotatable bonds is 13. The molecule has 0 spiro atoms. The number of likely N-dealkylation sites (tertiary alicyclic amines) is 2. The molecule has 1 atom stereocenters. The monoisotopic (exact) mass is 1070 g/mol. The van der Waals surface area contributed by atoms with Gasteiger partial charge in [-0.3, -0.25) is 14.5 Å². The van der Waals surface area contributed by atoms with Crippen molar-refractivity contribution in [1.82, 2.24) is 39.7 Å². The molecule has 2 aromatic heterocycles. The van der Waals surface area contributed by atoms with Crippen LogP contribution in [0.15, 0.2) is 102 Å². The van der Waals surface area contributed by atoms with Gasteiger partial charge >= 0.3 is 30.1 Å². The number of benzene rings is 4. The number of H-pyrrole nitrogens is 1. The number of pyridine rings is 1. The third-order valence-corrected chi connectivity index (χ3v) is 14.4. The maximum atomic E-state index is 14.5. The largest absolute Gasteiger partial charge is 0.490 e. The van der Waals surface area contributed by atoms with Crippen molar-refractivity contribution in [3.05, 3.63) is 146 Å². The predicted molar refractivity (Wildman–Crippen MR) is 278 cm³/mol. The van der Waals surface area contributed by atoms with E-state index >= 15 is 0 Å². The summed E-state index contributed by atoms with van der Waals surface area (Å²) in [5, 5.41) is 16.8. The van der Waals surface area contributed by atoms with Gasteiger partial charge in [0.25, 0.3) is 5.56 Å². The van der Waals surface area contributed by atoms with E-state index in [1.54, 1.807) is 33.8 Å². The van der Waals surface area contributed by atoms with Crippen LogP contribution < -0.4 is 10.9 Å². The predicted octanol–water partition coefficient (Wildman–Crippen LogP) is 7.32. The Morgan fingerprint density at radius 2 is 1.38 bits per heavy atom. The Morgan fingerprint density at radius 1 is 0.776 bits per heavy atom. The molecule has 3 saturated heterocycles. The molecule has 4 aromatic carbocycles. The van der Waals surface area contributed by atoms with Crippen LogP contribution in [0.25, 0.3) is 21.8 Å². The summed E-state index contributed by atoms with van der Waals surface area (Å²) in [4.78, 5) is 87.3. The zero-order chi connectivity index (χ0) is 54.1. The average Bonchev–Trinajstić information content (AvgIpc) is 3.86. The molecule has 3 amide bonds. The SMILES string of the molecule is Cc1cc(CC(NC(=O)N2CCC(c3cc4ccccc4[nH]c3=O)CC2)C(=O)N2CCN(C3CCN(C)CC3)CC2)cc2cn(COC(=O)c3ccc(Cc4ccc(C(=O)OCCl)cc4)cc3)nc12.O=C(O)C(F)(F)F. The van der Waals surface area contributed by atoms with Gasteiger partial charge in [-0.1, -0.05) is 60.1 Å². The van der Waals surface area contributed by atoms with Gasteiger partial charge < -0.3 is 39.6 Å². The van der Waals surface area contributed by atoms with E-state index in [4.69, 9.17) is 36.1 Å². The van der Waals surface area contributed by atoms with Gasteiger partial charge in [0, 0.05) is 74.4 Å². The second-order valence-corrected chi connectivity index (χ2v) is 19.7. The molecular formula is C55H60ClF3N8O9. The van der Waals surface area contributed by atoms with Crippen molar-refractivity contribution in [2.75, 3.05) is 65.5 Å². The molecule has 17 nitrogen and oxygen atoms in total. The van der Waals surface area contributed by atoms with Gasteiger partial charge in [-0.25, -0.2) is 23.9 Å². The number of amides is 3. The van der Waals surface area contributed by atoms with Crippen molar-refractivity contribution in [2.24, 2.45) is 0 Å². The molecule has 6 aromatic rings. The summed E-state index contributed by atoms with van der Waals surface area (Å²) < 4.78 is 43.8. The number of carboxylic acids is 1. The lowest BCUT2D eigenvalue weighted by Crippen LogP contribution is -2.59. The quantitative estimate of drug-likeness (QED) is 0.0771. The van der Waals surface area contributed by atoms with E-state index in [9.17, 15) is 37.1 Å². The lowest BCUT2D eigenvalue weighted by Gasteiger charge is -2.43. The fourth-order valence-corrected chi connectivity index (χ4v) is 10.2. The third-order valence-electron chi connectivity index (χ3n) is 14.3. The Hall–Kier alpha value is -7.29. The summed E-state index contributed by atoms with van der Waals surface area (Å²) in [5.74, 6) is -3.81. The van der Waals surface area contributed by atoms with E-state index in [1.807, 2.05) is 84.8 Å². The summed E-state index contributed by atoms with van der Waals surface area (Å²) >= 11 is 5.50. The zero-order valence-corrected chi connectivity index (χ0v) is 42.9. The van der Waals surface area contributed by atoms with E-state index in [1.165, 1.54) is 0 Å². The van der Waals surface area contributed by atoms with Crippen LogP contribution in [0, 0.1) is 6.92 Å². The van der Waals surface area contributed by atoms with E-state index in [2.05, 4.69) is 27.1 Å². The third kappa shape index (κ3) is 13.9. The number of nitrogens with one attached hydrogen (secondary N) is 2. The van der Waals surface area contributed by atoms with E-state index in [-0.39, 0.29) is 42.6 Å². The Balaban J connectivity index is 0.00000102. The molecule has 0 bridgehead atoms. The molecule has 3 N–H and O–H groups in total. The number of urea groups is 1. The second-order valence-electron chi connectivity index (χ2n) is 19.5. The molecule has 402 valence electrons. The molecule has 3 aliphatic rings.